The second-order valence-electron chi connectivity index (χ2n) is 6.16. The van der Waals surface area contributed by atoms with Gasteiger partial charge in [-0.05, 0) is 55.3 Å². The third kappa shape index (κ3) is 8.34. The topological polar surface area (TPSA) is 103 Å². The maximum absolute atomic E-state index is 11.8. The third-order valence-electron chi connectivity index (χ3n) is 3.75. The van der Waals surface area contributed by atoms with Gasteiger partial charge in [0, 0.05) is 12.1 Å². The summed E-state index contributed by atoms with van der Waals surface area (Å²) in [6.45, 7) is 1.79. The highest BCUT2D eigenvalue weighted by Crippen LogP contribution is 2.15. The fraction of sp³-hybridized carbons (Fsp3) is 0.286. The van der Waals surface area contributed by atoms with Gasteiger partial charge in [-0.2, -0.15) is 0 Å². The van der Waals surface area contributed by atoms with E-state index in [4.69, 9.17) is 14.2 Å². The highest BCUT2D eigenvalue weighted by atomic mass is 16.5. The van der Waals surface area contributed by atoms with Gasteiger partial charge in [0.05, 0.1) is 13.7 Å². The highest BCUT2D eigenvalue weighted by molar-refractivity contribution is 6.01. The van der Waals surface area contributed by atoms with Crippen molar-refractivity contribution in [1.82, 2.24) is 5.32 Å². The summed E-state index contributed by atoms with van der Waals surface area (Å²) in [6.07, 6.45) is 0.559. The van der Waals surface area contributed by atoms with Gasteiger partial charge < -0.3 is 19.5 Å². The summed E-state index contributed by atoms with van der Waals surface area (Å²) in [5.41, 5.74) is 1.57. The van der Waals surface area contributed by atoms with Crippen LogP contribution in [0.25, 0.3) is 0 Å². The average molecular weight is 400 g/mol. The normalized spacial score (nSPS) is 10.0. The molecule has 8 heteroatoms. The second-order valence-corrected chi connectivity index (χ2v) is 6.16. The Labute approximate surface area is 169 Å². The van der Waals surface area contributed by atoms with Gasteiger partial charge in [-0.1, -0.05) is 12.1 Å². The standard InChI is InChI=1S/C21H24N2O6/c1-15-5-3-6-18(13-15)28-12-4-7-20(25)29-14-19(24)23-21(26)22-16-8-10-17(27-2)11-9-16/h3,5-6,8-11,13H,4,7,12,14H2,1-2H3,(H2,22,23,24,26). The molecule has 2 aromatic carbocycles. The molecule has 2 aromatic rings. The molecule has 0 aromatic heterocycles. The van der Waals surface area contributed by atoms with Gasteiger partial charge in [-0.3, -0.25) is 14.9 Å². The number of esters is 1. The number of carbonyl (C=O) groups excluding carboxylic acids is 3. The molecule has 0 bridgehead atoms. The van der Waals surface area contributed by atoms with E-state index in [1.165, 1.54) is 7.11 Å². The predicted molar refractivity (Wildman–Crippen MR) is 107 cm³/mol. The number of imide groups is 1. The SMILES string of the molecule is COc1ccc(NC(=O)NC(=O)COC(=O)CCCOc2cccc(C)c2)cc1. The summed E-state index contributed by atoms with van der Waals surface area (Å²) in [4.78, 5) is 35.1. The van der Waals surface area contributed by atoms with Crippen LogP contribution in [0.2, 0.25) is 0 Å². The van der Waals surface area contributed by atoms with E-state index in [0.29, 0.717) is 24.5 Å². The van der Waals surface area contributed by atoms with E-state index >= 15 is 0 Å². The molecule has 0 saturated carbocycles. The van der Waals surface area contributed by atoms with Crippen LogP contribution in [0.4, 0.5) is 10.5 Å². The van der Waals surface area contributed by atoms with Crippen LogP contribution in [0.1, 0.15) is 18.4 Å². The molecule has 0 unspecified atom stereocenters. The van der Waals surface area contributed by atoms with Crippen molar-refractivity contribution >= 4 is 23.6 Å². The smallest absolute Gasteiger partial charge is 0.325 e. The number of nitrogens with one attached hydrogen (secondary N) is 2. The Morgan fingerprint density at radius 1 is 1.00 bits per heavy atom. The van der Waals surface area contributed by atoms with Crippen LogP contribution in [0.5, 0.6) is 11.5 Å². The Morgan fingerprint density at radius 3 is 2.45 bits per heavy atom. The number of amides is 3. The van der Waals surface area contributed by atoms with E-state index in [2.05, 4.69) is 10.6 Å². The number of rotatable bonds is 9. The van der Waals surface area contributed by atoms with Gasteiger partial charge in [-0.25, -0.2) is 4.79 Å². The lowest BCUT2D eigenvalue weighted by molar-refractivity contribution is -0.148. The molecule has 0 spiro atoms. The molecule has 0 saturated heterocycles. The van der Waals surface area contributed by atoms with Crippen LogP contribution < -0.4 is 20.1 Å². The summed E-state index contributed by atoms with van der Waals surface area (Å²) in [7, 11) is 1.53. The zero-order valence-corrected chi connectivity index (χ0v) is 16.4. The van der Waals surface area contributed by atoms with Crippen molar-refractivity contribution in [1.29, 1.82) is 0 Å². The van der Waals surface area contributed by atoms with E-state index in [1.54, 1.807) is 24.3 Å². The lowest BCUT2D eigenvalue weighted by Crippen LogP contribution is -2.37. The molecule has 0 aliphatic rings. The minimum Gasteiger partial charge on any atom is -0.497 e. The number of carbonyl (C=O) groups is 3. The Hall–Kier alpha value is -3.55. The maximum atomic E-state index is 11.8. The van der Waals surface area contributed by atoms with Crippen molar-refractivity contribution in [2.45, 2.75) is 19.8 Å². The van der Waals surface area contributed by atoms with Crippen LogP contribution in [-0.2, 0) is 14.3 Å². The lowest BCUT2D eigenvalue weighted by Gasteiger charge is -2.09. The zero-order valence-electron chi connectivity index (χ0n) is 16.4. The number of ether oxygens (including phenoxy) is 3. The Bertz CT molecular complexity index is 835. The quantitative estimate of drug-likeness (QED) is 0.495. The van der Waals surface area contributed by atoms with Gasteiger partial charge in [0.2, 0.25) is 0 Å². The number of hydrogen-bond acceptors (Lipinski definition) is 6. The second kappa shape index (κ2) is 11.3. The number of methoxy groups -OCH3 is 1. The number of aryl methyl sites for hydroxylation is 1. The first-order chi connectivity index (χ1) is 14.0. The molecule has 0 radical (unpaired) electrons. The molecular weight excluding hydrogens is 376 g/mol. The minimum atomic E-state index is -0.722. The van der Waals surface area contributed by atoms with Crippen molar-refractivity contribution in [2.24, 2.45) is 0 Å². The van der Waals surface area contributed by atoms with E-state index < -0.39 is 24.5 Å². The summed E-state index contributed by atoms with van der Waals surface area (Å²) in [5.74, 6) is 0.118. The third-order valence-corrected chi connectivity index (χ3v) is 3.75. The molecule has 8 nitrogen and oxygen atoms in total. The molecule has 0 fully saturated rings. The van der Waals surface area contributed by atoms with Crippen molar-refractivity contribution in [3.63, 3.8) is 0 Å². The Morgan fingerprint density at radius 2 is 1.76 bits per heavy atom. The van der Waals surface area contributed by atoms with Gasteiger partial charge in [-0.15, -0.1) is 0 Å². The molecule has 0 atom stereocenters. The summed E-state index contributed by atoms with van der Waals surface area (Å²) < 4.78 is 15.4. The van der Waals surface area contributed by atoms with E-state index in [-0.39, 0.29) is 6.42 Å². The van der Waals surface area contributed by atoms with Crippen molar-refractivity contribution < 1.29 is 28.6 Å². The van der Waals surface area contributed by atoms with Crippen molar-refractivity contribution in [2.75, 3.05) is 25.6 Å². The number of urea groups is 1. The number of benzene rings is 2. The van der Waals surface area contributed by atoms with Crippen LogP contribution >= 0.6 is 0 Å². The summed E-state index contributed by atoms with van der Waals surface area (Å²) in [5, 5.41) is 4.57. The molecule has 2 rings (SSSR count). The maximum Gasteiger partial charge on any atom is 0.325 e. The fourth-order valence-electron chi connectivity index (χ4n) is 2.33. The van der Waals surface area contributed by atoms with Gasteiger partial charge >= 0.3 is 12.0 Å². The fourth-order valence-corrected chi connectivity index (χ4v) is 2.33. The Kier molecular flexibility index (Phi) is 8.50. The molecule has 29 heavy (non-hydrogen) atoms. The molecule has 0 aliphatic heterocycles. The van der Waals surface area contributed by atoms with Crippen LogP contribution in [0, 0.1) is 6.92 Å². The first-order valence-electron chi connectivity index (χ1n) is 9.06. The largest absolute Gasteiger partial charge is 0.497 e. The highest BCUT2D eigenvalue weighted by Gasteiger charge is 2.11. The monoisotopic (exact) mass is 400 g/mol. The molecule has 3 amide bonds. The van der Waals surface area contributed by atoms with E-state index in [0.717, 1.165) is 11.3 Å². The molecule has 0 aliphatic carbocycles. The molecular formula is C21H24N2O6. The number of hydrogen-bond donors (Lipinski definition) is 2. The van der Waals surface area contributed by atoms with E-state index in [9.17, 15) is 14.4 Å². The molecule has 0 heterocycles. The Balaban J connectivity index is 1.59. The molecule has 154 valence electrons. The predicted octanol–water partition coefficient (Wildman–Crippen LogP) is 3.05. The summed E-state index contributed by atoms with van der Waals surface area (Å²) in [6, 6.07) is 13.5. The van der Waals surface area contributed by atoms with Crippen LogP contribution in [-0.4, -0.2) is 38.2 Å². The zero-order chi connectivity index (χ0) is 21.1. The van der Waals surface area contributed by atoms with Crippen LogP contribution in [0.15, 0.2) is 48.5 Å². The average Bonchev–Trinajstić information content (AvgIpc) is 2.70. The van der Waals surface area contributed by atoms with Crippen LogP contribution in [0.3, 0.4) is 0 Å². The number of anilines is 1. The van der Waals surface area contributed by atoms with Crippen molar-refractivity contribution in [3.8, 4) is 11.5 Å². The van der Waals surface area contributed by atoms with Gasteiger partial charge in [0.25, 0.3) is 5.91 Å². The first-order valence-corrected chi connectivity index (χ1v) is 9.06. The first kappa shape index (κ1) is 21.7. The van der Waals surface area contributed by atoms with Gasteiger partial charge in [0.15, 0.2) is 6.61 Å². The lowest BCUT2D eigenvalue weighted by atomic mass is 10.2. The summed E-state index contributed by atoms with van der Waals surface area (Å²) >= 11 is 0. The van der Waals surface area contributed by atoms with E-state index in [1.807, 2.05) is 31.2 Å². The molecule has 2 N–H and O–H groups in total. The van der Waals surface area contributed by atoms with Gasteiger partial charge in [0.1, 0.15) is 11.5 Å². The van der Waals surface area contributed by atoms with Crippen molar-refractivity contribution in [3.05, 3.63) is 54.1 Å². The minimum absolute atomic E-state index is 0.108.